The van der Waals surface area contributed by atoms with E-state index in [1.807, 2.05) is 18.2 Å². The van der Waals surface area contributed by atoms with Crippen LogP contribution in [0.15, 0.2) is 209 Å². The summed E-state index contributed by atoms with van der Waals surface area (Å²) in [5, 5.41) is 13.7. The molecule has 63 heavy (non-hydrogen) atoms. The quantitative estimate of drug-likeness (QED) is 0.178. The summed E-state index contributed by atoms with van der Waals surface area (Å²) >= 11 is 0. The van der Waals surface area contributed by atoms with Gasteiger partial charge in [0.25, 0.3) is 0 Å². The first-order chi connectivity index (χ1) is 31.2. The number of hydrogen-bond donors (Lipinski definition) is 0. The van der Waals surface area contributed by atoms with Gasteiger partial charge in [0, 0.05) is 49.0 Å². The van der Waals surface area contributed by atoms with E-state index in [-0.39, 0.29) is 0 Å². The van der Waals surface area contributed by atoms with Gasteiger partial charge in [-0.3, -0.25) is 0 Å². The van der Waals surface area contributed by atoms with Gasteiger partial charge >= 0.3 is 0 Å². The van der Waals surface area contributed by atoms with Gasteiger partial charge in [0.1, 0.15) is 16.7 Å². The van der Waals surface area contributed by atoms with Gasteiger partial charge in [0.2, 0.25) is 0 Å². The molecule has 0 fully saturated rings. The van der Waals surface area contributed by atoms with E-state index in [4.69, 9.17) is 18.8 Å². The predicted molar refractivity (Wildman–Crippen MR) is 260 cm³/mol. The molecule has 0 spiro atoms. The van der Waals surface area contributed by atoms with E-state index in [0.717, 1.165) is 99.4 Å². The fourth-order valence-corrected chi connectivity index (χ4v) is 10.1. The molecule has 0 amide bonds. The van der Waals surface area contributed by atoms with Crippen molar-refractivity contribution in [2.75, 3.05) is 0 Å². The lowest BCUT2D eigenvalue weighted by Gasteiger charge is -2.14. The first kappa shape index (κ1) is 34.2. The minimum Gasteiger partial charge on any atom is -0.456 e. The Bertz CT molecular complexity index is 4220. The van der Waals surface area contributed by atoms with E-state index in [1.54, 1.807) is 0 Å². The molecule has 0 radical (unpaired) electrons. The minimum atomic E-state index is 0.613. The second-order valence-corrected chi connectivity index (χ2v) is 16.5. The second-order valence-electron chi connectivity index (χ2n) is 16.5. The van der Waals surface area contributed by atoms with E-state index in [2.05, 4.69) is 187 Å². The second kappa shape index (κ2) is 13.0. The number of hydrogen-bond acceptors (Lipinski definition) is 4. The Morgan fingerprint density at radius 1 is 0.349 bits per heavy atom. The zero-order chi connectivity index (χ0) is 41.2. The summed E-state index contributed by atoms with van der Waals surface area (Å²) in [6.45, 7) is 0. The fourth-order valence-electron chi connectivity index (χ4n) is 10.1. The van der Waals surface area contributed by atoms with E-state index in [1.165, 1.54) is 32.3 Å². The molecule has 292 valence electrons. The maximum absolute atomic E-state index is 7.02. The lowest BCUT2D eigenvalue weighted by molar-refractivity contribution is 0.666. The molecule has 0 unspecified atom stereocenters. The summed E-state index contributed by atoms with van der Waals surface area (Å²) < 4.78 is 15.8. The van der Waals surface area contributed by atoms with Crippen molar-refractivity contribution in [3.63, 3.8) is 0 Å². The number of benzene rings is 10. The first-order valence-electron chi connectivity index (χ1n) is 21.3. The lowest BCUT2D eigenvalue weighted by Crippen LogP contribution is -1.99. The summed E-state index contributed by atoms with van der Waals surface area (Å²) in [6.07, 6.45) is 0. The lowest BCUT2D eigenvalue weighted by atomic mass is 9.99. The smallest absolute Gasteiger partial charge is 0.161 e. The third-order valence-electron chi connectivity index (χ3n) is 13.0. The molecular formula is C58H33N3O2. The largest absolute Gasteiger partial charge is 0.456 e. The summed E-state index contributed by atoms with van der Waals surface area (Å²) in [7, 11) is 0. The highest BCUT2D eigenvalue weighted by Crippen LogP contribution is 2.45. The van der Waals surface area contributed by atoms with Gasteiger partial charge in [-0.1, -0.05) is 140 Å². The molecule has 0 atom stereocenters. The highest BCUT2D eigenvalue weighted by molar-refractivity contribution is 6.24. The molecule has 5 heteroatoms. The molecule has 0 aliphatic carbocycles. The van der Waals surface area contributed by atoms with E-state index < -0.39 is 0 Å². The highest BCUT2D eigenvalue weighted by Gasteiger charge is 2.24. The molecule has 14 aromatic rings. The Hall–Kier alpha value is -8.54. The van der Waals surface area contributed by atoms with Gasteiger partial charge in [-0.2, -0.15) is 0 Å². The van der Waals surface area contributed by atoms with Crippen LogP contribution < -0.4 is 0 Å². The average Bonchev–Trinajstić information content (AvgIpc) is 4.02. The van der Waals surface area contributed by atoms with Crippen LogP contribution in [-0.4, -0.2) is 14.5 Å². The van der Waals surface area contributed by atoms with Crippen LogP contribution >= 0.6 is 0 Å². The van der Waals surface area contributed by atoms with Crippen molar-refractivity contribution in [1.82, 2.24) is 14.5 Å². The van der Waals surface area contributed by atoms with Crippen LogP contribution in [0.1, 0.15) is 0 Å². The maximum atomic E-state index is 7.02. The van der Waals surface area contributed by atoms with Crippen molar-refractivity contribution >= 4 is 98.0 Å². The molecule has 4 aromatic heterocycles. The molecule has 5 nitrogen and oxygen atoms in total. The maximum Gasteiger partial charge on any atom is 0.161 e. The molecule has 14 rings (SSSR count). The highest BCUT2D eigenvalue weighted by atomic mass is 16.3. The predicted octanol–water partition coefficient (Wildman–Crippen LogP) is 15.8. The molecule has 10 aromatic carbocycles. The SMILES string of the molecule is c1ccc2cc3c(cc2c1)c1c2ccccc2ccc1n3-c1ccc(-c2nc(-c3ccc4c(c3)oc3ccccc34)cc(-c3cccc4ccccc34)n2)c2c1oc1ccccc12. The summed E-state index contributed by atoms with van der Waals surface area (Å²) in [6, 6.07) is 70.7. The van der Waals surface area contributed by atoms with Gasteiger partial charge in [-0.15, -0.1) is 0 Å². The van der Waals surface area contributed by atoms with Crippen molar-refractivity contribution in [3.8, 4) is 39.6 Å². The van der Waals surface area contributed by atoms with Crippen LogP contribution in [0.2, 0.25) is 0 Å². The third kappa shape index (κ3) is 5.05. The monoisotopic (exact) mass is 803 g/mol. The molecule has 4 heterocycles. The molecule has 0 bridgehead atoms. The molecule has 0 aliphatic rings. The van der Waals surface area contributed by atoms with E-state index in [0.29, 0.717) is 5.82 Å². The number of furan rings is 2. The Kier molecular flexibility index (Phi) is 7.05. The first-order valence-corrected chi connectivity index (χ1v) is 21.3. The minimum absolute atomic E-state index is 0.613. The van der Waals surface area contributed by atoms with Gasteiger partial charge in [0.15, 0.2) is 11.4 Å². The van der Waals surface area contributed by atoms with E-state index in [9.17, 15) is 0 Å². The molecule has 0 N–H and O–H groups in total. The number of para-hydroxylation sites is 2. The molecule has 0 saturated carbocycles. The number of nitrogens with zero attached hydrogens (tertiary/aromatic N) is 3. The Labute approximate surface area is 359 Å². The summed E-state index contributed by atoms with van der Waals surface area (Å²) in [5.74, 6) is 0.613. The van der Waals surface area contributed by atoms with Crippen molar-refractivity contribution in [1.29, 1.82) is 0 Å². The van der Waals surface area contributed by atoms with Crippen LogP contribution in [0.3, 0.4) is 0 Å². The average molecular weight is 804 g/mol. The molecule has 0 aliphatic heterocycles. The number of rotatable bonds is 4. The van der Waals surface area contributed by atoms with Crippen LogP contribution in [0.4, 0.5) is 0 Å². The topological polar surface area (TPSA) is 57.0 Å². The standard InChI is InChI=1S/C58H33N3O2/c1-2-15-37-31-51-46(30-36(37)14-1)55-40-18-6-4-13-35(40)25-28-49(55)61(51)50-29-27-45(56-44-20-8-10-23-53(44)63-57(50)56)58-59-47(33-48(60-58)41-21-11-16-34-12-3-5-17-39(34)41)38-24-26-43-42-19-7-9-22-52(42)62-54(43)32-38/h1-33H. The third-order valence-corrected chi connectivity index (χ3v) is 13.0. The van der Waals surface area contributed by atoms with Gasteiger partial charge in [-0.25, -0.2) is 9.97 Å². The van der Waals surface area contributed by atoms with E-state index >= 15 is 0 Å². The van der Waals surface area contributed by atoms with Crippen LogP contribution in [-0.2, 0) is 0 Å². The summed E-state index contributed by atoms with van der Waals surface area (Å²) in [5.41, 5.74) is 11.0. The normalized spacial score (nSPS) is 12.1. The Morgan fingerprint density at radius 2 is 1.00 bits per heavy atom. The van der Waals surface area contributed by atoms with Gasteiger partial charge in [-0.05, 0) is 93.0 Å². The van der Waals surface area contributed by atoms with Gasteiger partial charge < -0.3 is 13.4 Å². The van der Waals surface area contributed by atoms with Crippen molar-refractivity contribution < 1.29 is 8.83 Å². The Balaban J connectivity index is 1.07. The molecular weight excluding hydrogens is 771 g/mol. The summed E-state index contributed by atoms with van der Waals surface area (Å²) in [4.78, 5) is 10.9. The molecule has 0 saturated heterocycles. The van der Waals surface area contributed by atoms with Crippen molar-refractivity contribution in [2.45, 2.75) is 0 Å². The van der Waals surface area contributed by atoms with Gasteiger partial charge in [0.05, 0.1) is 28.1 Å². The van der Waals surface area contributed by atoms with Crippen LogP contribution in [0.5, 0.6) is 0 Å². The Morgan fingerprint density at radius 3 is 1.84 bits per heavy atom. The fraction of sp³-hybridized carbons (Fsp3) is 0. The van der Waals surface area contributed by atoms with Crippen molar-refractivity contribution in [3.05, 3.63) is 200 Å². The zero-order valence-electron chi connectivity index (χ0n) is 33.7. The van der Waals surface area contributed by atoms with Crippen LogP contribution in [0, 0.1) is 0 Å². The van der Waals surface area contributed by atoms with Crippen LogP contribution in [0.25, 0.3) is 138 Å². The zero-order valence-corrected chi connectivity index (χ0v) is 33.7. The van der Waals surface area contributed by atoms with Crippen molar-refractivity contribution in [2.24, 2.45) is 0 Å². The number of fused-ring (bicyclic) bond motifs is 13. The number of aromatic nitrogens is 3.